The molecule has 0 aromatic rings. The minimum atomic E-state index is 0.514. The van der Waals surface area contributed by atoms with Crippen LogP contribution in [0.1, 0.15) is 96.8 Å². The van der Waals surface area contributed by atoms with E-state index in [1.165, 1.54) is 83.5 Å². The molecule has 0 heterocycles. The molecule has 0 aliphatic carbocycles. The number of hydrogen-bond acceptors (Lipinski definition) is 13. The zero-order valence-electron chi connectivity index (χ0n) is 35.9. The van der Waals surface area contributed by atoms with E-state index in [-0.39, 0.29) is 0 Å². The van der Waals surface area contributed by atoms with E-state index in [1.54, 1.807) is 6.08 Å². The third-order valence-electron chi connectivity index (χ3n) is 8.34. The fraction of sp³-hybridized carbons (Fsp3) is 0.953. The lowest BCUT2D eigenvalue weighted by atomic mass is 10.0. The summed E-state index contributed by atoms with van der Waals surface area (Å²) in [4.78, 5) is 0. The summed E-state index contributed by atoms with van der Waals surface area (Å²) in [5.41, 5.74) is 0. The number of unbranched alkanes of at least 4 members (excludes halogenated alkanes) is 13. The van der Waals surface area contributed by atoms with Gasteiger partial charge in [0.05, 0.1) is 165 Å². The van der Waals surface area contributed by atoms with E-state index in [2.05, 4.69) is 13.5 Å². The molecule has 0 aromatic heterocycles. The molecule has 0 saturated carbocycles. The van der Waals surface area contributed by atoms with Crippen LogP contribution in [0, 0.1) is 0 Å². The molecule has 0 atom stereocenters. The largest absolute Gasteiger partial charge is 0.379 e. The van der Waals surface area contributed by atoms with Crippen molar-refractivity contribution in [3.8, 4) is 0 Å². The fourth-order valence-corrected chi connectivity index (χ4v) is 5.20. The molecule has 0 spiro atoms. The molecule has 336 valence electrons. The first kappa shape index (κ1) is 55.2. The Bertz CT molecular complexity index is 692. The molecule has 0 aromatic carbocycles. The van der Waals surface area contributed by atoms with Crippen molar-refractivity contribution in [2.45, 2.75) is 96.8 Å². The van der Waals surface area contributed by atoms with Crippen molar-refractivity contribution >= 4 is 0 Å². The van der Waals surface area contributed by atoms with Gasteiger partial charge in [-0.05, 0) is 6.42 Å². The molecule has 56 heavy (non-hydrogen) atoms. The summed E-state index contributed by atoms with van der Waals surface area (Å²) in [6, 6.07) is 0. The van der Waals surface area contributed by atoms with Gasteiger partial charge in [-0.2, -0.15) is 0 Å². The Kier molecular flexibility index (Phi) is 53.5. The first-order valence-corrected chi connectivity index (χ1v) is 22.0. The molecule has 0 N–H and O–H groups in total. The molecule has 0 radical (unpaired) electrons. The topological polar surface area (TPSA) is 120 Å². The minimum Gasteiger partial charge on any atom is -0.379 e. The molecule has 0 saturated heterocycles. The van der Waals surface area contributed by atoms with Gasteiger partial charge >= 0.3 is 0 Å². The van der Waals surface area contributed by atoms with E-state index in [4.69, 9.17) is 61.6 Å². The summed E-state index contributed by atoms with van der Waals surface area (Å²) in [5.74, 6) is 0. The van der Waals surface area contributed by atoms with Crippen molar-refractivity contribution in [3.63, 3.8) is 0 Å². The summed E-state index contributed by atoms with van der Waals surface area (Å²) in [5, 5.41) is 0. The molecule has 0 bridgehead atoms. The Morgan fingerprint density at radius 2 is 0.411 bits per heavy atom. The van der Waals surface area contributed by atoms with Gasteiger partial charge in [-0.3, -0.25) is 0 Å². The monoisotopic (exact) mass is 811 g/mol. The second-order valence-corrected chi connectivity index (χ2v) is 13.3. The van der Waals surface area contributed by atoms with E-state index < -0.39 is 0 Å². The van der Waals surface area contributed by atoms with Crippen LogP contribution in [0.15, 0.2) is 12.7 Å². The van der Waals surface area contributed by atoms with Gasteiger partial charge < -0.3 is 61.6 Å². The molecule has 0 aliphatic rings. The summed E-state index contributed by atoms with van der Waals surface area (Å²) in [6.45, 7) is 20.2. The smallest absolute Gasteiger partial charge is 0.0704 e. The van der Waals surface area contributed by atoms with Gasteiger partial charge in [-0.15, -0.1) is 6.58 Å². The number of rotatable bonds is 53. The van der Waals surface area contributed by atoms with Gasteiger partial charge in [-0.1, -0.05) is 96.5 Å². The van der Waals surface area contributed by atoms with Gasteiger partial charge in [0.2, 0.25) is 0 Å². The van der Waals surface area contributed by atoms with Crippen molar-refractivity contribution in [1.82, 2.24) is 0 Å². The summed E-state index contributed by atoms with van der Waals surface area (Å²) < 4.78 is 71.4. The Balaban J connectivity index is 3.05. The molecule has 0 aliphatic heterocycles. The number of hydrogen-bond donors (Lipinski definition) is 0. The highest BCUT2D eigenvalue weighted by Crippen LogP contribution is 2.13. The second-order valence-electron chi connectivity index (χ2n) is 13.3. The summed E-state index contributed by atoms with van der Waals surface area (Å²) in [7, 11) is 0. The zero-order valence-corrected chi connectivity index (χ0v) is 35.9. The Morgan fingerprint density at radius 3 is 0.625 bits per heavy atom. The molecule has 13 heteroatoms. The number of ether oxygens (including phenoxy) is 13. The minimum absolute atomic E-state index is 0.514. The molecule has 0 unspecified atom stereocenters. The third kappa shape index (κ3) is 53.2. The Hall–Kier alpha value is -0.780. The van der Waals surface area contributed by atoms with Crippen molar-refractivity contribution < 1.29 is 61.6 Å². The maximum Gasteiger partial charge on any atom is 0.0704 e. The van der Waals surface area contributed by atoms with Gasteiger partial charge in [0.1, 0.15) is 0 Å². The normalized spacial score (nSPS) is 11.6. The molecular formula is C43H86O13. The lowest BCUT2D eigenvalue weighted by molar-refractivity contribution is -0.0289. The van der Waals surface area contributed by atoms with Crippen molar-refractivity contribution in [3.05, 3.63) is 12.7 Å². The molecule has 0 amide bonds. The van der Waals surface area contributed by atoms with Gasteiger partial charge in [-0.25, -0.2) is 0 Å². The van der Waals surface area contributed by atoms with Gasteiger partial charge in [0.25, 0.3) is 0 Å². The quantitative estimate of drug-likeness (QED) is 0.0470. The van der Waals surface area contributed by atoms with Gasteiger partial charge in [0, 0.05) is 6.61 Å². The molecular weight excluding hydrogens is 724 g/mol. The zero-order chi connectivity index (χ0) is 40.2. The molecule has 0 fully saturated rings. The third-order valence-corrected chi connectivity index (χ3v) is 8.34. The highest BCUT2D eigenvalue weighted by molar-refractivity contribution is 4.63. The predicted molar refractivity (Wildman–Crippen MR) is 221 cm³/mol. The average Bonchev–Trinajstić information content (AvgIpc) is 3.21. The first-order valence-electron chi connectivity index (χ1n) is 22.0. The lowest BCUT2D eigenvalue weighted by Gasteiger charge is -2.09. The van der Waals surface area contributed by atoms with Crippen LogP contribution >= 0.6 is 0 Å². The van der Waals surface area contributed by atoms with Crippen LogP contribution in [0.25, 0.3) is 0 Å². The van der Waals surface area contributed by atoms with E-state index >= 15 is 0 Å². The lowest BCUT2D eigenvalue weighted by Crippen LogP contribution is -2.15. The van der Waals surface area contributed by atoms with Crippen LogP contribution in [0.2, 0.25) is 0 Å². The van der Waals surface area contributed by atoms with Crippen molar-refractivity contribution in [1.29, 1.82) is 0 Å². The standard InChI is InChI=1S/C43H86O13/c1-3-5-6-7-8-9-10-11-12-13-14-15-16-17-19-45-21-23-47-25-27-49-29-31-51-33-35-53-37-39-55-41-43-56-42-40-54-38-36-52-34-32-50-30-28-48-26-24-46-22-20-44-18-4-2/h4H,2-3,5-43H2,1H3. The highest BCUT2D eigenvalue weighted by atomic mass is 16.6. The van der Waals surface area contributed by atoms with Crippen LogP contribution < -0.4 is 0 Å². The SMILES string of the molecule is C=CCOCCOCCOCCOCCOCCOCCOCCOCCOCCOCCOCCOCCOCCCCCCCCCCCCCCCC. The van der Waals surface area contributed by atoms with E-state index in [0.29, 0.717) is 165 Å². The van der Waals surface area contributed by atoms with Crippen LogP contribution in [0.3, 0.4) is 0 Å². The summed E-state index contributed by atoms with van der Waals surface area (Å²) in [6.07, 6.45) is 21.0. The Labute approximate surface area is 342 Å². The van der Waals surface area contributed by atoms with Crippen LogP contribution in [0.5, 0.6) is 0 Å². The average molecular weight is 811 g/mol. The fourth-order valence-electron chi connectivity index (χ4n) is 5.20. The first-order chi connectivity index (χ1) is 27.9. The van der Waals surface area contributed by atoms with Gasteiger partial charge in [0.15, 0.2) is 0 Å². The van der Waals surface area contributed by atoms with Crippen LogP contribution in [0.4, 0.5) is 0 Å². The summed E-state index contributed by atoms with van der Waals surface area (Å²) >= 11 is 0. The predicted octanol–water partition coefficient (Wildman–Crippen LogP) is 6.87. The maximum atomic E-state index is 5.69. The van der Waals surface area contributed by atoms with Crippen molar-refractivity contribution in [2.75, 3.05) is 172 Å². The van der Waals surface area contributed by atoms with E-state index in [1.807, 2.05) is 0 Å². The van der Waals surface area contributed by atoms with E-state index in [9.17, 15) is 0 Å². The Morgan fingerprint density at radius 1 is 0.232 bits per heavy atom. The van der Waals surface area contributed by atoms with Crippen LogP contribution in [-0.4, -0.2) is 172 Å². The molecule has 0 rings (SSSR count). The van der Waals surface area contributed by atoms with E-state index in [0.717, 1.165) is 13.0 Å². The second kappa shape index (κ2) is 54.2. The maximum absolute atomic E-state index is 5.69. The highest BCUT2D eigenvalue weighted by Gasteiger charge is 1.98. The van der Waals surface area contributed by atoms with Crippen molar-refractivity contribution in [2.24, 2.45) is 0 Å². The van der Waals surface area contributed by atoms with Crippen LogP contribution in [-0.2, 0) is 61.6 Å². The molecule has 13 nitrogen and oxygen atoms in total.